The van der Waals surface area contributed by atoms with Crippen LogP contribution in [0.4, 0.5) is 0 Å². The summed E-state index contributed by atoms with van der Waals surface area (Å²) < 4.78 is 7.10. The average molecular weight is 407 g/mol. The molecule has 0 radical (unpaired) electrons. The monoisotopic (exact) mass is 407 g/mol. The van der Waals surface area contributed by atoms with Crippen LogP contribution in [0, 0.1) is 0 Å². The van der Waals surface area contributed by atoms with Gasteiger partial charge in [-0.1, -0.05) is 12.1 Å². The number of nitrogens with one attached hydrogen (secondary N) is 1. The van der Waals surface area contributed by atoms with Gasteiger partial charge in [-0.2, -0.15) is 5.10 Å². The molecule has 2 heterocycles. The quantitative estimate of drug-likeness (QED) is 0.624. The molecule has 0 saturated heterocycles. The van der Waals surface area contributed by atoms with E-state index in [0.29, 0.717) is 17.2 Å². The van der Waals surface area contributed by atoms with Crippen LogP contribution < -0.4 is 10.1 Å². The first-order valence-electron chi connectivity index (χ1n) is 9.91. The van der Waals surface area contributed by atoms with Crippen molar-refractivity contribution in [3.8, 4) is 23.0 Å². The van der Waals surface area contributed by atoms with Crippen LogP contribution in [-0.2, 0) is 0 Å². The highest BCUT2D eigenvalue weighted by Crippen LogP contribution is 2.42. The summed E-state index contributed by atoms with van der Waals surface area (Å²) in [6, 6.07) is 9.47. The van der Waals surface area contributed by atoms with Gasteiger partial charge in [0.2, 0.25) is 0 Å². The highest BCUT2D eigenvalue weighted by molar-refractivity contribution is 5.96. The number of methoxy groups -OCH3 is 1. The highest BCUT2D eigenvalue weighted by atomic mass is 16.5. The van der Waals surface area contributed by atoms with E-state index in [4.69, 9.17) is 9.72 Å². The van der Waals surface area contributed by atoms with E-state index in [0.717, 1.165) is 29.8 Å². The number of aromatic nitrogens is 4. The lowest BCUT2D eigenvalue weighted by Gasteiger charge is -2.23. The number of aliphatic hydroxyl groups excluding tert-OH is 1. The molecule has 1 aliphatic rings. The lowest BCUT2D eigenvalue weighted by atomic mass is 10.1. The van der Waals surface area contributed by atoms with Gasteiger partial charge in [0.1, 0.15) is 5.75 Å². The molecule has 0 spiro atoms. The maximum absolute atomic E-state index is 12.9. The van der Waals surface area contributed by atoms with Gasteiger partial charge in [0, 0.05) is 17.7 Å². The van der Waals surface area contributed by atoms with Crippen LogP contribution >= 0.6 is 0 Å². The lowest BCUT2D eigenvalue weighted by Crippen LogP contribution is -2.46. The molecule has 2 aromatic heterocycles. The summed E-state index contributed by atoms with van der Waals surface area (Å²) in [7, 11) is 1.62. The molecular formula is C22H25N5O3. The van der Waals surface area contributed by atoms with Crippen molar-refractivity contribution in [3.63, 3.8) is 0 Å². The summed E-state index contributed by atoms with van der Waals surface area (Å²) in [4.78, 5) is 22.0. The van der Waals surface area contributed by atoms with Crippen LogP contribution in [0.5, 0.6) is 5.75 Å². The Balaban J connectivity index is 1.74. The van der Waals surface area contributed by atoms with E-state index in [1.807, 2.05) is 30.3 Å². The number of rotatable bonds is 7. The molecule has 0 atom stereocenters. The van der Waals surface area contributed by atoms with E-state index in [1.165, 1.54) is 0 Å². The molecule has 0 unspecified atom stereocenters. The molecule has 1 amide bonds. The molecule has 4 rings (SSSR count). The average Bonchev–Trinajstić information content (AvgIpc) is 3.50. The number of hydrogen-bond donors (Lipinski definition) is 2. The molecular weight excluding hydrogens is 382 g/mol. The number of nitrogens with zero attached hydrogens (tertiary/aromatic N) is 4. The minimum atomic E-state index is -0.722. The van der Waals surface area contributed by atoms with E-state index >= 15 is 0 Å². The van der Waals surface area contributed by atoms with Gasteiger partial charge in [-0.25, -0.2) is 14.6 Å². The van der Waals surface area contributed by atoms with Gasteiger partial charge < -0.3 is 15.2 Å². The summed E-state index contributed by atoms with van der Waals surface area (Å²) in [6.07, 6.45) is 5.20. The maximum Gasteiger partial charge on any atom is 0.255 e. The number of ether oxygens (including phenoxy) is 1. The van der Waals surface area contributed by atoms with Crippen molar-refractivity contribution < 1.29 is 14.6 Å². The minimum Gasteiger partial charge on any atom is -0.496 e. The number of carbonyl (C=O) groups is 1. The van der Waals surface area contributed by atoms with Crippen LogP contribution in [0.2, 0.25) is 0 Å². The van der Waals surface area contributed by atoms with Crippen molar-refractivity contribution in [1.29, 1.82) is 0 Å². The van der Waals surface area contributed by atoms with Crippen LogP contribution in [0.1, 0.15) is 48.7 Å². The molecule has 8 nitrogen and oxygen atoms in total. The van der Waals surface area contributed by atoms with Crippen LogP contribution in [0.3, 0.4) is 0 Å². The van der Waals surface area contributed by atoms with Gasteiger partial charge in [0.25, 0.3) is 11.9 Å². The second kappa shape index (κ2) is 7.87. The van der Waals surface area contributed by atoms with Gasteiger partial charge >= 0.3 is 0 Å². The smallest absolute Gasteiger partial charge is 0.255 e. The summed E-state index contributed by atoms with van der Waals surface area (Å²) in [6.45, 7) is 3.38. The van der Waals surface area contributed by atoms with Gasteiger partial charge in [-0.3, -0.25) is 4.79 Å². The molecule has 2 N–H and O–H groups in total. The molecule has 3 aromatic rings. The number of amides is 1. The number of aliphatic hydroxyl groups is 1. The Morgan fingerprint density at radius 1 is 1.30 bits per heavy atom. The molecule has 1 saturated carbocycles. The van der Waals surface area contributed by atoms with E-state index < -0.39 is 5.54 Å². The zero-order valence-electron chi connectivity index (χ0n) is 17.3. The summed E-state index contributed by atoms with van der Waals surface area (Å²) in [5, 5.41) is 16.8. The van der Waals surface area contributed by atoms with E-state index in [-0.39, 0.29) is 18.4 Å². The number of hydrogen-bond acceptors (Lipinski definition) is 6. The molecule has 1 aliphatic carbocycles. The third-order valence-corrected chi connectivity index (χ3v) is 5.08. The number of carbonyl (C=O) groups excluding carboxylic acids is 1. The predicted molar refractivity (Wildman–Crippen MR) is 112 cm³/mol. The molecule has 0 bridgehead atoms. The van der Waals surface area contributed by atoms with E-state index in [1.54, 1.807) is 38.0 Å². The Hall–Kier alpha value is -3.26. The zero-order valence-corrected chi connectivity index (χ0v) is 17.3. The number of para-hydroxylation sites is 1. The molecule has 1 fully saturated rings. The lowest BCUT2D eigenvalue weighted by molar-refractivity contribution is 0.0868. The standard InChI is InChI=1S/C22H25N5O3/c1-22(2,13-28)26-20(29)16-12-24-27(19(16)14-8-9-14)21-23-11-10-17(25-21)15-6-4-5-7-18(15)30-3/h4-7,10-12,14,28H,8-9,13H2,1-3H3,(H,26,29). The normalized spacial score (nSPS) is 13.9. The maximum atomic E-state index is 12.9. The van der Waals surface area contributed by atoms with Crippen molar-refractivity contribution >= 4 is 5.91 Å². The van der Waals surface area contributed by atoms with Crippen molar-refractivity contribution in [2.45, 2.75) is 38.1 Å². The third kappa shape index (κ3) is 3.91. The first-order chi connectivity index (χ1) is 14.4. The highest BCUT2D eigenvalue weighted by Gasteiger charge is 2.34. The fourth-order valence-electron chi connectivity index (χ4n) is 3.31. The summed E-state index contributed by atoms with van der Waals surface area (Å²) >= 11 is 0. The summed E-state index contributed by atoms with van der Waals surface area (Å²) in [5.74, 6) is 1.10. The van der Waals surface area contributed by atoms with Crippen molar-refractivity contribution in [2.75, 3.05) is 13.7 Å². The van der Waals surface area contributed by atoms with Gasteiger partial charge in [-0.05, 0) is 44.9 Å². The Morgan fingerprint density at radius 2 is 2.07 bits per heavy atom. The van der Waals surface area contributed by atoms with Gasteiger partial charge in [0.15, 0.2) is 0 Å². The second-order valence-electron chi connectivity index (χ2n) is 8.07. The summed E-state index contributed by atoms with van der Waals surface area (Å²) in [5.41, 5.74) is 2.14. The Kier molecular flexibility index (Phi) is 5.26. The first kappa shape index (κ1) is 20.0. The number of benzene rings is 1. The molecule has 30 heavy (non-hydrogen) atoms. The van der Waals surface area contributed by atoms with Gasteiger partial charge in [0.05, 0.1) is 42.4 Å². The minimum absolute atomic E-state index is 0.157. The predicted octanol–water partition coefficient (Wildman–Crippen LogP) is 2.72. The fourth-order valence-corrected chi connectivity index (χ4v) is 3.31. The Morgan fingerprint density at radius 3 is 2.77 bits per heavy atom. The Labute approximate surface area is 174 Å². The van der Waals surface area contributed by atoms with Crippen LogP contribution in [-0.4, -0.2) is 50.0 Å². The van der Waals surface area contributed by atoms with E-state index in [9.17, 15) is 9.90 Å². The molecule has 0 aliphatic heterocycles. The van der Waals surface area contributed by atoms with Crippen molar-refractivity contribution in [2.24, 2.45) is 0 Å². The molecule has 1 aromatic carbocycles. The zero-order chi connectivity index (χ0) is 21.3. The Bertz CT molecular complexity index is 1070. The van der Waals surface area contributed by atoms with Gasteiger partial charge in [-0.15, -0.1) is 0 Å². The third-order valence-electron chi connectivity index (χ3n) is 5.08. The second-order valence-corrected chi connectivity index (χ2v) is 8.07. The van der Waals surface area contributed by atoms with Crippen molar-refractivity contribution in [1.82, 2.24) is 25.1 Å². The van der Waals surface area contributed by atoms with E-state index in [2.05, 4.69) is 15.4 Å². The first-order valence-corrected chi connectivity index (χ1v) is 9.91. The van der Waals surface area contributed by atoms with Crippen LogP contribution in [0.25, 0.3) is 17.2 Å². The van der Waals surface area contributed by atoms with Crippen LogP contribution in [0.15, 0.2) is 42.7 Å². The largest absolute Gasteiger partial charge is 0.496 e. The fraction of sp³-hybridized carbons (Fsp3) is 0.364. The molecule has 8 heteroatoms. The molecule has 156 valence electrons. The van der Waals surface area contributed by atoms with Crippen molar-refractivity contribution in [3.05, 3.63) is 54.0 Å². The SMILES string of the molecule is COc1ccccc1-c1ccnc(-n2ncc(C(=O)NC(C)(C)CO)c2C2CC2)n1. The topological polar surface area (TPSA) is 102 Å².